The molecule has 7 heteroatoms. The van der Waals surface area contributed by atoms with E-state index in [-0.39, 0.29) is 5.91 Å². The van der Waals surface area contributed by atoms with Crippen LogP contribution in [0.5, 0.6) is 0 Å². The number of anilines is 2. The van der Waals surface area contributed by atoms with Crippen LogP contribution in [0.15, 0.2) is 111 Å². The fourth-order valence-electron chi connectivity index (χ4n) is 4.14. The number of nitrogens with zero attached hydrogens (tertiary/aromatic N) is 2. The van der Waals surface area contributed by atoms with Gasteiger partial charge in [0, 0.05) is 15.2 Å². The Morgan fingerprint density at radius 1 is 0.857 bits per heavy atom. The van der Waals surface area contributed by atoms with Crippen LogP contribution < -0.4 is 4.90 Å². The summed E-state index contributed by atoms with van der Waals surface area (Å²) in [6.45, 7) is -0.404. The van der Waals surface area contributed by atoms with E-state index in [0.29, 0.717) is 27.9 Å². The summed E-state index contributed by atoms with van der Waals surface area (Å²) in [7, 11) is 0. The van der Waals surface area contributed by atoms with Gasteiger partial charge in [-0.15, -0.1) is 0 Å². The van der Waals surface area contributed by atoms with Crippen LogP contribution >= 0.6 is 11.8 Å². The summed E-state index contributed by atoms with van der Waals surface area (Å²) in [5, 5.41) is 0.644. The fourth-order valence-corrected chi connectivity index (χ4v) is 5.20. The van der Waals surface area contributed by atoms with Crippen molar-refractivity contribution in [3.8, 4) is 11.5 Å². The molecule has 0 fully saturated rings. The molecular weight excluding hydrogens is 460 g/mol. The molecule has 2 aromatic heterocycles. The number of carbonyl (C=O) groups excluding carboxylic acids is 2. The van der Waals surface area contributed by atoms with Crippen molar-refractivity contribution < 1.29 is 18.7 Å². The Balaban J connectivity index is 1.31. The van der Waals surface area contributed by atoms with Crippen molar-refractivity contribution in [1.82, 2.24) is 4.98 Å². The molecule has 0 bridgehead atoms. The van der Waals surface area contributed by atoms with Gasteiger partial charge in [0.2, 0.25) is 0 Å². The fraction of sp³-hybridized carbons (Fsp3) is 0.0357. The Kier molecular flexibility index (Phi) is 5.31. The van der Waals surface area contributed by atoms with E-state index in [9.17, 15) is 9.59 Å². The van der Waals surface area contributed by atoms with Crippen molar-refractivity contribution in [2.45, 2.75) is 9.79 Å². The third-order valence-corrected chi connectivity index (χ3v) is 6.85. The maximum Gasteiger partial charge on any atom is 0.339 e. The summed E-state index contributed by atoms with van der Waals surface area (Å²) in [5.41, 5.74) is 3.02. The number of aromatic nitrogens is 1. The van der Waals surface area contributed by atoms with Crippen molar-refractivity contribution in [2.24, 2.45) is 0 Å². The predicted molar refractivity (Wildman–Crippen MR) is 134 cm³/mol. The van der Waals surface area contributed by atoms with Crippen molar-refractivity contribution in [3.05, 3.63) is 103 Å². The van der Waals surface area contributed by atoms with Gasteiger partial charge in [0.1, 0.15) is 5.69 Å². The molecule has 0 unspecified atom stereocenters. The maximum atomic E-state index is 13.4. The van der Waals surface area contributed by atoms with E-state index in [2.05, 4.69) is 4.98 Å². The van der Waals surface area contributed by atoms with E-state index < -0.39 is 12.6 Å². The Morgan fingerprint density at radius 2 is 1.54 bits per heavy atom. The number of para-hydroxylation sites is 3. The number of ether oxygens (including phenoxy) is 1. The summed E-state index contributed by atoms with van der Waals surface area (Å²) < 4.78 is 11.0. The van der Waals surface area contributed by atoms with E-state index in [1.165, 1.54) is 0 Å². The standard InChI is InChI=1S/C28H18N2O4S/c31-27(30-22-10-3-5-13-25(22)35-26-14-6-4-11-23(26)30)17-34-28(32)19-16-21(24-12-7-15-33-24)29-20-9-2-1-8-18(19)20/h1-16H,17H2. The van der Waals surface area contributed by atoms with Gasteiger partial charge in [0.25, 0.3) is 5.91 Å². The SMILES string of the molecule is O=C(OCC(=O)N1c2ccccc2Sc2ccccc21)c1cc(-c2ccco2)nc2ccccc12. The first-order valence-electron chi connectivity index (χ1n) is 11.0. The van der Waals surface area contributed by atoms with Gasteiger partial charge >= 0.3 is 5.97 Å². The van der Waals surface area contributed by atoms with Gasteiger partial charge in [-0.3, -0.25) is 9.69 Å². The average Bonchev–Trinajstić information content (AvgIpc) is 3.45. The van der Waals surface area contributed by atoms with Gasteiger partial charge < -0.3 is 9.15 Å². The molecular formula is C28H18N2O4S. The number of hydrogen-bond donors (Lipinski definition) is 0. The third kappa shape index (κ3) is 3.86. The number of amides is 1. The Labute approximate surface area is 205 Å². The lowest BCUT2D eigenvalue weighted by Gasteiger charge is -2.30. The topological polar surface area (TPSA) is 72.6 Å². The summed E-state index contributed by atoms with van der Waals surface area (Å²) in [5.74, 6) is -0.388. The number of fused-ring (bicyclic) bond motifs is 3. The zero-order valence-electron chi connectivity index (χ0n) is 18.4. The molecule has 5 aromatic rings. The molecule has 1 aliphatic rings. The van der Waals surface area contributed by atoms with Gasteiger partial charge in [-0.25, -0.2) is 9.78 Å². The van der Waals surface area contributed by atoms with Gasteiger partial charge in [0.15, 0.2) is 12.4 Å². The second kappa shape index (κ2) is 8.77. The van der Waals surface area contributed by atoms with E-state index >= 15 is 0 Å². The molecule has 3 heterocycles. The molecule has 0 atom stereocenters. The number of benzene rings is 3. The average molecular weight is 479 g/mol. The lowest BCUT2D eigenvalue weighted by Crippen LogP contribution is -2.32. The molecule has 1 amide bonds. The first kappa shape index (κ1) is 21.2. The highest BCUT2D eigenvalue weighted by molar-refractivity contribution is 7.99. The number of furan rings is 1. The highest BCUT2D eigenvalue weighted by Crippen LogP contribution is 2.47. The maximum absolute atomic E-state index is 13.4. The molecule has 1 aliphatic heterocycles. The highest BCUT2D eigenvalue weighted by Gasteiger charge is 2.29. The van der Waals surface area contributed by atoms with Crippen molar-refractivity contribution >= 4 is 45.9 Å². The number of hydrogen-bond acceptors (Lipinski definition) is 6. The van der Waals surface area contributed by atoms with Crippen LogP contribution in [0.25, 0.3) is 22.4 Å². The molecule has 6 rings (SSSR count). The quantitative estimate of drug-likeness (QED) is 0.275. The molecule has 3 aromatic carbocycles. The number of esters is 1. The van der Waals surface area contributed by atoms with Crippen LogP contribution in [0, 0.1) is 0 Å². The van der Waals surface area contributed by atoms with E-state index in [1.54, 1.807) is 47.2 Å². The van der Waals surface area contributed by atoms with Crippen LogP contribution in [0.3, 0.4) is 0 Å². The molecule has 0 radical (unpaired) electrons. The van der Waals surface area contributed by atoms with Crippen LogP contribution in [0.1, 0.15) is 10.4 Å². The summed E-state index contributed by atoms with van der Waals surface area (Å²) in [6, 6.07) is 27.9. The Morgan fingerprint density at radius 3 is 2.26 bits per heavy atom. The van der Waals surface area contributed by atoms with E-state index in [4.69, 9.17) is 9.15 Å². The lowest BCUT2D eigenvalue weighted by molar-refractivity contribution is -0.121. The van der Waals surface area contributed by atoms with Gasteiger partial charge in [0.05, 0.1) is 28.7 Å². The zero-order chi connectivity index (χ0) is 23.8. The number of pyridine rings is 1. The zero-order valence-corrected chi connectivity index (χ0v) is 19.2. The molecule has 0 aliphatic carbocycles. The van der Waals surface area contributed by atoms with Crippen LogP contribution in [-0.4, -0.2) is 23.5 Å². The lowest BCUT2D eigenvalue weighted by atomic mass is 10.1. The minimum atomic E-state index is -0.599. The first-order chi connectivity index (χ1) is 17.2. The number of rotatable bonds is 4. The Hall–Kier alpha value is -4.36. The molecule has 170 valence electrons. The molecule has 0 saturated heterocycles. The molecule has 0 N–H and O–H groups in total. The van der Waals surface area contributed by atoms with Crippen LogP contribution in [0.4, 0.5) is 11.4 Å². The van der Waals surface area contributed by atoms with Gasteiger partial charge in [-0.1, -0.05) is 54.2 Å². The smallest absolute Gasteiger partial charge is 0.339 e. The Bertz CT molecular complexity index is 1530. The third-order valence-electron chi connectivity index (χ3n) is 5.72. The second-order valence-electron chi connectivity index (χ2n) is 7.89. The monoisotopic (exact) mass is 478 g/mol. The van der Waals surface area contributed by atoms with Crippen LogP contribution in [0.2, 0.25) is 0 Å². The number of carbonyl (C=O) groups is 2. The van der Waals surface area contributed by atoms with Crippen LogP contribution in [-0.2, 0) is 9.53 Å². The largest absolute Gasteiger partial charge is 0.463 e. The normalized spacial score (nSPS) is 12.2. The van der Waals surface area contributed by atoms with E-state index in [1.807, 2.05) is 66.7 Å². The molecule has 35 heavy (non-hydrogen) atoms. The van der Waals surface area contributed by atoms with Crippen molar-refractivity contribution in [2.75, 3.05) is 11.5 Å². The molecule has 0 spiro atoms. The van der Waals surface area contributed by atoms with E-state index in [0.717, 1.165) is 21.2 Å². The van der Waals surface area contributed by atoms with Crippen molar-refractivity contribution in [1.29, 1.82) is 0 Å². The highest BCUT2D eigenvalue weighted by atomic mass is 32.2. The summed E-state index contributed by atoms with van der Waals surface area (Å²) in [6.07, 6.45) is 1.55. The summed E-state index contributed by atoms with van der Waals surface area (Å²) in [4.78, 5) is 34.7. The minimum absolute atomic E-state index is 0.324. The molecule has 0 saturated carbocycles. The second-order valence-corrected chi connectivity index (χ2v) is 8.98. The summed E-state index contributed by atoms with van der Waals surface area (Å²) >= 11 is 1.61. The minimum Gasteiger partial charge on any atom is -0.463 e. The molecule has 6 nitrogen and oxygen atoms in total. The predicted octanol–water partition coefficient (Wildman–Crippen LogP) is 6.48. The first-order valence-corrected chi connectivity index (χ1v) is 11.8. The van der Waals surface area contributed by atoms with Gasteiger partial charge in [-0.2, -0.15) is 0 Å². The van der Waals surface area contributed by atoms with Gasteiger partial charge in [-0.05, 0) is 48.5 Å². The van der Waals surface area contributed by atoms with Crippen molar-refractivity contribution in [3.63, 3.8) is 0 Å².